The first-order valence-corrected chi connectivity index (χ1v) is 11.4. The molecule has 0 radical (unpaired) electrons. The Bertz CT molecular complexity index is 1440. The van der Waals surface area contributed by atoms with E-state index in [0.29, 0.717) is 22.7 Å². The Labute approximate surface area is 208 Å². The Balaban J connectivity index is 1.76. The van der Waals surface area contributed by atoms with Crippen LogP contribution in [0.1, 0.15) is 42.3 Å². The van der Waals surface area contributed by atoms with Gasteiger partial charge in [-0.2, -0.15) is 0 Å². The van der Waals surface area contributed by atoms with Crippen LogP contribution in [0.2, 0.25) is 0 Å². The molecular weight excluding hydrogens is 461 g/mol. The third-order valence-corrected chi connectivity index (χ3v) is 5.41. The summed E-state index contributed by atoms with van der Waals surface area (Å²) in [5, 5.41) is 3.41. The molecule has 36 heavy (non-hydrogen) atoms. The van der Waals surface area contributed by atoms with Crippen molar-refractivity contribution in [3.05, 3.63) is 83.3 Å². The zero-order valence-corrected chi connectivity index (χ0v) is 20.8. The second-order valence-electron chi connectivity index (χ2n) is 9.40. The van der Waals surface area contributed by atoms with Crippen LogP contribution in [-0.2, 0) is 4.74 Å². The summed E-state index contributed by atoms with van der Waals surface area (Å²) in [5.74, 6) is -0.483. The van der Waals surface area contributed by atoms with Crippen molar-refractivity contribution < 1.29 is 18.7 Å². The molecule has 2 amide bonds. The number of nitrogens with one attached hydrogen (secondary N) is 3. The van der Waals surface area contributed by atoms with Gasteiger partial charge in [0.25, 0.3) is 5.91 Å². The number of aromatic nitrogens is 2. The summed E-state index contributed by atoms with van der Waals surface area (Å²) < 4.78 is 21.0. The molecule has 3 N–H and O–H groups in total. The molecule has 4 aromatic rings. The highest BCUT2D eigenvalue weighted by molar-refractivity contribution is 6.02. The number of benzene rings is 2. The van der Waals surface area contributed by atoms with Gasteiger partial charge in [-0.3, -0.25) is 14.6 Å². The van der Waals surface area contributed by atoms with Crippen molar-refractivity contribution in [2.45, 2.75) is 40.2 Å². The second-order valence-corrected chi connectivity index (χ2v) is 9.40. The van der Waals surface area contributed by atoms with E-state index >= 15 is 0 Å². The quantitative estimate of drug-likeness (QED) is 0.321. The predicted octanol–water partition coefficient (Wildman–Crippen LogP) is 5.67. The highest BCUT2D eigenvalue weighted by atomic mass is 19.1. The lowest BCUT2D eigenvalue weighted by atomic mass is 10.0. The number of hydrogen-bond donors (Lipinski definition) is 3. The number of para-hydroxylation sites is 1. The minimum absolute atomic E-state index is 0.266. The van der Waals surface area contributed by atoms with Gasteiger partial charge in [-0.05, 0) is 63.9 Å². The SMILES string of the molecule is Cc1cccc(C)c1Nc1c(-c2ccccc2C(=O)NNC(=O)OC(C)(C)C)nc2ccc(F)cn12. The number of ether oxygens (including phenoxy) is 1. The second kappa shape index (κ2) is 9.69. The van der Waals surface area contributed by atoms with Gasteiger partial charge in [0.1, 0.15) is 28.6 Å². The minimum Gasteiger partial charge on any atom is -0.443 e. The molecule has 2 aromatic carbocycles. The molecule has 8 nitrogen and oxygen atoms in total. The number of carbonyl (C=O) groups is 2. The molecule has 0 fully saturated rings. The Morgan fingerprint density at radius 2 is 1.64 bits per heavy atom. The molecule has 9 heteroatoms. The van der Waals surface area contributed by atoms with Gasteiger partial charge in [0, 0.05) is 17.4 Å². The average Bonchev–Trinajstić information content (AvgIpc) is 3.16. The lowest BCUT2D eigenvalue weighted by Crippen LogP contribution is -2.44. The maximum atomic E-state index is 14.2. The third-order valence-electron chi connectivity index (χ3n) is 5.41. The third kappa shape index (κ3) is 5.30. The van der Waals surface area contributed by atoms with Gasteiger partial charge in [0.15, 0.2) is 0 Å². The standard InChI is InChI=1S/C27H28FN5O3/c1-16-9-8-10-17(2)22(16)30-24-23(29-21-14-13-18(28)15-33(21)24)19-11-6-7-12-20(19)25(34)31-32-26(35)36-27(3,4)5/h6-15,30H,1-5H3,(H,31,34)(H,32,35). The Kier molecular flexibility index (Phi) is 6.65. The van der Waals surface area contributed by atoms with Crippen LogP contribution in [0.15, 0.2) is 60.8 Å². The molecule has 0 atom stereocenters. The van der Waals surface area contributed by atoms with E-state index in [9.17, 15) is 14.0 Å². The fourth-order valence-corrected chi connectivity index (χ4v) is 3.82. The van der Waals surface area contributed by atoms with E-state index in [2.05, 4.69) is 16.2 Å². The number of amides is 2. The van der Waals surface area contributed by atoms with Crippen LogP contribution in [0.4, 0.5) is 20.7 Å². The molecule has 0 spiro atoms. The van der Waals surface area contributed by atoms with Crippen LogP contribution >= 0.6 is 0 Å². The molecule has 4 rings (SSSR count). The first-order chi connectivity index (χ1) is 17.0. The minimum atomic E-state index is -0.783. The van der Waals surface area contributed by atoms with Gasteiger partial charge in [0.2, 0.25) is 0 Å². The summed E-state index contributed by atoms with van der Waals surface area (Å²) in [6, 6.07) is 15.7. The van der Waals surface area contributed by atoms with Crippen molar-refractivity contribution in [3.8, 4) is 11.3 Å². The number of anilines is 2. The monoisotopic (exact) mass is 489 g/mol. The van der Waals surface area contributed by atoms with E-state index in [4.69, 9.17) is 9.72 Å². The predicted molar refractivity (Wildman–Crippen MR) is 137 cm³/mol. The number of imidazole rings is 1. The molecular formula is C27H28FN5O3. The zero-order valence-electron chi connectivity index (χ0n) is 20.8. The fraction of sp³-hybridized carbons (Fsp3) is 0.222. The molecule has 0 saturated heterocycles. The van der Waals surface area contributed by atoms with Crippen molar-refractivity contribution in [2.24, 2.45) is 0 Å². The Morgan fingerprint density at radius 1 is 0.944 bits per heavy atom. The van der Waals surface area contributed by atoms with Gasteiger partial charge < -0.3 is 10.1 Å². The number of hydrogen-bond acceptors (Lipinski definition) is 5. The van der Waals surface area contributed by atoms with Crippen LogP contribution in [-0.4, -0.2) is 27.0 Å². The number of rotatable bonds is 4. The number of fused-ring (bicyclic) bond motifs is 1. The molecule has 2 aromatic heterocycles. The smallest absolute Gasteiger partial charge is 0.426 e. The van der Waals surface area contributed by atoms with Crippen LogP contribution < -0.4 is 16.2 Å². The van der Waals surface area contributed by atoms with Gasteiger partial charge in [-0.25, -0.2) is 19.6 Å². The number of aryl methyl sites for hydroxylation is 2. The van der Waals surface area contributed by atoms with Crippen molar-refractivity contribution in [1.82, 2.24) is 20.2 Å². The molecule has 0 aliphatic rings. The first-order valence-electron chi connectivity index (χ1n) is 11.4. The highest BCUT2D eigenvalue weighted by Gasteiger charge is 2.22. The lowest BCUT2D eigenvalue weighted by molar-refractivity contribution is 0.0483. The van der Waals surface area contributed by atoms with Crippen molar-refractivity contribution in [2.75, 3.05) is 5.32 Å². The van der Waals surface area contributed by atoms with Crippen molar-refractivity contribution in [3.63, 3.8) is 0 Å². The fourth-order valence-electron chi connectivity index (χ4n) is 3.82. The maximum Gasteiger partial charge on any atom is 0.426 e. The van der Waals surface area contributed by atoms with Crippen LogP contribution in [0.5, 0.6) is 0 Å². The van der Waals surface area contributed by atoms with Crippen molar-refractivity contribution >= 4 is 29.2 Å². The molecule has 0 unspecified atom stereocenters. The normalized spacial score (nSPS) is 11.3. The van der Waals surface area contributed by atoms with E-state index in [1.54, 1.807) is 55.5 Å². The summed E-state index contributed by atoms with van der Waals surface area (Å²) in [7, 11) is 0. The summed E-state index contributed by atoms with van der Waals surface area (Å²) in [6.45, 7) is 9.12. The summed E-state index contributed by atoms with van der Waals surface area (Å²) in [5.41, 5.74) is 8.51. The molecule has 0 saturated carbocycles. The van der Waals surface area contributed by atoms with Crippen LogP contribution in [0.3, 0.4) is 0 Å². The van der Waals surface area contributed by atoms with E-state index in [1.165, 1.54) is 12.3 Å². The van der Waals surface area contributed by atoms with Crippen LogP contribution in [0.25, 0.3) is 16.9 Å². The van der Waals surface area contributed by atoms with Gasteiger partial charge >= 0.3 is 6.09 Å². The molecule has 0 bridgehead atoms. The van der Waals surface area contributed by atoms with Gasteiger partial charge in [0.05, 0.1) is 5.56 Å². The number of carbonyl (C=O) groups excluding carboxylic acids is 2. The number of nitrogens with zero attached hydrogens (tertiary/aromatic N) is 2. The number of pyridine rings is 1. The van der Waals surface area contributed by atoms with Gasteiger partial charge in [-0.1, -0.05) is 36.4 Å². The van der Waals surface area contributed by atoms with E-state index in [1.807, 2.05) is 32.0 Å². The summed E-state index contributed by atoms with van der Waals surface area (Å²) in [6.07, 6.45) is 0.558. The summed E-state index contributed by atoms with van der Waals surface area (Å²) in [4.78, 5) is 29.8. The molecule has 0 aliphatic heterocycles. The Hall–Kier alpha value is -4.40. The molecule has 2 heterocycles. The number of hydrazine groups is 1. The topological polar surface area (TPSA) is 96.8 Å². The van der Waals surface area contributed by atoms with E-state index in [0.717, 1.165) is 16.8 Å². The maximum absolute atomic E-state index is 14.2. The largest absolute Gasteiger partial charge is 0.443 e. The van der Waals surface area contributed by atoms with Gasteiger partial charge in [-0.15, -0.1) is 0 Å². The average molecular weight is 490 g/mol. The zero-order chi connectivity index (χ0) is 26.0. The first kappa shape index (κ1) is 24.7. The van der Waals surface area contributed by atoms with E-state index < -0.39 is 23.4 Å². The number of halogens is 1. The summed E-state index contributed by atoms with van der Waals surface area (Å²) >= 11 is 0. The van der Waals surface area contributed by atoms with E-state index in [-0.39, 0.29) is 5.56 Å². The Morgan fingerprint density at radius 3 is 2.33 bits per heavy atom. The van der Waals surface area contributed by atoms with Crippen molar-refractivity contribution in [1.29, 1.82) is 0 Å². The van der Waals surface area contributed by atoms with Crippen LogP contribution in [0, 0.1) is 19.7 Å². The highest BCUT2D eigenvalue weighted by Crippen LogP contribution is 2.35. The molecule has 186 valence electrons. The lowest BCUT2D eigenvalue weighted by Gasteiger charge is -2.20. The molecule has 0 aliphatic carbocycles.